The van der Waals surface area contributed by atoms with Crippen LogP contribution in [-0.2, 0) is 16.1 Å². The second-order valence-electron chi connectivity index (χ2n) is 3.05. The van der Waals surface area contributed by atoms with Crippen LogP contribution in [0.1, 0.15) is 18.1 Å². The smallest absolute Gasteiger partial charge is 0.302 e. The Morgan fingerprint density at radius 3 is 2.80 bits per heavy atom. The third-order valence-electron chi connectivity index (χ3n) is 1.95. The van der Waals surface area contributed by atoms with Crippen molar-refractivity contribution in [1.82, 2.24) is 0 Å². The minimum Gasteiger partial charge on any atom is -0.461 e. The van der Waals surface area contributed by atoms with Crippen LogP contribution in [0.25, 0.3) is 0 Å². The third kappa shape index (κ3) is 3.39. The minimum atomic E-state index is -0.390. The highest BCUT2D eigenvalue weighted by Gasteiger charge is 2.08. The number of ether oxygens (including phenoxy) is 1. The average Bonchev–Trinajstić information content (AvgIpc) is 2.18. The maximum absolute atomic E-state index is 13.1. The number of benzene rings is 1. The van der Waals surface area contributed by atoms with E-state index < -0.39 is 5.97 Å². The molecule has 0 radical (unpaired) electrons. The first kappa shape index (κ1) is 12.3. The van der Waals surface area contributed by atoms with Crippen molar-refractivity contribution in [2.75, 3.05) is 0 Å². The Morgan fingerprint density at radius 2 is 2.27 bits per heavy atom. The molecular weight excluding hydrogens is 239 g/mol. The zero-order chi connectivity index (χ0) is 11.4. The van der Waals surface area contributed by atoms with Crippen molar-refractivity contribution in [3.63, 3.8) is 0 Å². The van der Waals surface area contributed by atoms with Crippen molar-refractivity contribution < 1.29 is 13.9 Å². The lowest BCUT2D eigenvalue weighted by Crippen LogP contribution is -2.01. The van der Waals surface area contributed by atoms with Gasteiger partial charge in [-0.05, 0) is 51.8 Å². The molecule has 0 unspecified atom stereocenters. The van der Waals surface area contributed by atoms with Crippen molar-refractivity contribution in [1.29, 1.82) is 0 Å². The molecule has 0 saturated carbocycles. The monoisotopic (exact) mass is 248 g/mol. The maximum Gasteiger partial charge on any atom is 0.302 e. The van der Waals surface area contributed by atoms with E-state index in [0.717, 1.165) is 16.5 Å². The highest BCUT2D eigenvalue weighted by molar-refractivity contribution is 8.21. The van der Waals surface area contributed by atoms with Gasteiger partial charge in [0.1, 0.15) is 12.4 Å². The molecule has 1 aromatic carbocycles. The van der Waals surface area contributed by atoms with Crippen molar-refractivity contribution >= 4 is 27.6 Å². The molecule has 15 heavy (non-hydrogen) atoms. The molecule has 5 heteroatoms. The summed E-state index contributed by atoms with van der Waals surface area (Å²) in [5.41, 5.74) is 1.46. The number of esters is 1. The van der Waals surface area contributed by atoms with E-state index >= 15 is 0 Å². The Kier molecular flexibility index (Phi) is 4.42. The summed E-state index contributed by atoms with van der Waals surface area (Å²) in [6.07, 6.45) is 0. The summed E-state index contributed by atoms with van der Waals surface area (Å²) in [6.45, 7) is 3.19. The molecule has 1 rings (SSSR count). The summed E-state index contributed by atoms with van der Waals surface area (Å²) in [5, 5.41) is 0. The second kappa shape index (κ2) is 5.37. The first-order valence-corrected chi connectivity index (χ1v) is 5.90. The van der Waals surface area contributed by atoms with Crippen LogP contribution >= 0.6 is 21.7 Å². The molecule has 0 fully saturated rings. The van der Waals surface area contributed by atoms with Gasteiger partial charge in [0.2, 0.25) is 0 Å². The molecule has 0 amide bonds. The van der Waals surface area contributed by atoms with Crippen molar-refractivity contribution in [2.45, 2.75) is 25.3 Å². The van der Waals surface area contributed by atoms with Crippen LogP contribution in [0, 0.1) is 12.7 Å². The van der Waals surface area contributed by atoms with Gasteiger partial charge in [-0.25, -0.2) is 4.39 Å². The Bertz CT molecular complexity index is 382. The predicted molar refractivity (Wildman–Crippen MR) is 58.3 cm³/mol. The number of hydrogen-bond acceptors (Lipinski definition) is 3. The van der Waals surface area contributed by atoms with Crippen LogP contribution in [0.2, 0.25) is 0 Å². The first-order valence-electron chi connectivity index (χ1n) is 4.25. The summed E-state index contributed by atoms with van der Waals surface area (Å²) >= 11 is 0. The van der Waals surface area contributed by atoms with Gasteiger partial charge in [-0.15, -0.1) is 0 Å². The lowest BCUT2D eigenvalue weighted by molar-refractivity contribution is -0.142. The van der Waals surface area contributed by atoms with Gasteiger partial charge in [-0.2, -0.15) is 0 Å². The molecule has 0 aromatic heterocycles. The Hall–Kier alpha value is -0.740. The number of rotatable bonds is 3. The number of halogens is 2. The van der Waals surface area contributed by atoms with Gasteiger partial charge >= 0.3 is 5.97 Å². The average molecular weight is 249 g/mol. The van der Waals surface area contributed by atoms with E-state index in [2.05, 4.69) is 0 Å². The highest BCUT2D eigenvalue weighted by Crippen LogP contribution is 2.29. The predicted octanol–water partition coefficient (Wildman–Crippen LogP) is 3.44. The summed E-state index contributed by atoms with van der Waals surface area (Å²) < 4.78 is 17.9. The van der Waals surface area contributed by atoms with E-state index in [1.807, 2.05) is 6.92 Å². The highest BCUT2D eigenvalue weighted by atomic mass is 35.7. The topological polar surface area (TPSA) is 26.3 Å². The zero-order valence-electron chi connectivity index (χ0n) is 8.34. The SMILES string of the molecule is CC(=O)OCc1cc(F)cc(SCl)c1C. The van der Waals surface area contributed by atoms with Crippen LogP contribution in [0.15, 0.2) is 17.0 Å². The number of carbonyl (C=O) groups excluding carboxylic acids is 1. The molecule has 0 bridgehead atoms. The molecule has 0 aliphatic carbocycles. The lowest BCUT2D eigenvalue weighted by atomic mass is 10.1. The van der Waals surface area contributed by atoms with Gasteiger partial charge in [0.15, 0.2) is 0 Å². The fraction of sp³-hybridized carbons (Fsp3) is 0.300. The Labute approximate surface area is 96.3 Å². The van der Waals surface area contributed by atoms with Crippen LogP contribution in [0.3, 0.4) is 0 Å². The quantitative estimate of drug-likeness (QED) is 0.767. The molecule has 0 aliphatic heterocycles. The molecule has 1 aromatic rings. The van der Waals surface area contributed by atoms with E-state index in [-0.39, 0.29) is 12.4 Å². The van der Waals surface area contributed by atoms with Crippen molar-refractivity contribution in [3.8, 4) is 0 Å². The van der Waals surface area contributed by atoms with E-state index in [1.54, 1.807) is 0 Å². The molecule has 0 atom stereocenters. The van der Waals surface area contributed by atoms with Gasteiger partial charge in [-0.1, -0.05) is 0 Å². The molecule has 2 nitrogen and oxygen atoms in total. The molecule has 0 saturated heterocycles. The zero-order valence-corrected chi connectivity index (χ0v) is 9.91. The van der Waals surface area contributed by atoms with Gasteiger partial charge in [-0.3, -0.25) is 4.79 Å². The van der Waals surface area contributed by atoms with Gasteiger partial charge in [0.05, 0.1) is 0 Å². The van der Waals surface area contributed by atoms with E-state index in [0.29, 0.717) is 10.5 Å². The maximum atomic E-state index is 13.1. The summed E-state index contributed by atoms with van der Waals surface area (Å²) in [4.78, 5) is 11.3. The normalized spacial score (nSPS) is 10.1. The largest absolute Gasteiger partial charge is 0.461 e. The third-order valence-corrected chi connectivity index (χ3v) is 3.04. The molecular formula is C10H10ClFO2S. The van der Waals surface area contributed by atoms with Crippen LogP contribution in [0.4, 0.5) is 4.39 Å². The van der Waals surface area contributed by atoms with E-state index in [1.165, 1.54) is 19.1 Å². The molecule has 0 aliphatic rings. The van der Waals surface area contributed by atoms with Crippen LogP contribution in [0.5, 0.6) is 0 Å². The fourth-order valence-corrected chi connectivity index (χ4v) is 2.00. The Balaban J connectivity index is 2.95. The van der Waals surface area contributed by atoms with Gasteiger partial charge in [0.25, 0.3) is 0 Å². The summed E-state index contributed by atoms with van der Waals surface area (Å²) in [5.74, 6) is -0.773. The van der Waals surface area contributed by atoms with E-state index in [4.69, 9.17) is 15.4 Å². The summed E-state index contributed by atoms with van der Waals surface area (Å²) in [6, 6.07) is 2.69. The van der Waals surface area contributed by atoms with Crippen molar-refractivity contribution in [2.24, 2.45) is 0 Å². The summed E-state index contributed by atoms with van der Waals surface area (Å²) in [7, 11) is 6.53. The molecule has 82 valence electrons. The van der Waals surface area contributed by atoms with Crippen molar-refractivity contribution in [3.05, 3.63) is 29.1 Å². The molecule has 0 N–H and O–H groups in total. The van der Waals surface area contributed by atoms with Crippen LogP contribution in [-0.4, -0.2) is 5.97 Å². The van der Waals surface area contributed by atoms with Gasteiger partial charge < -0.3 is 4.74 Å². The second-order valence-corrected chi connectivity index (χ2v) is 4.10. The number of carbonyl (C=O) groups is 1. The standard InChI is InChI=1S/C10H10ClFO2S/c1-6-8(5-14-7(2)13)3-9(12)4-10(6)15-11/h3-4H,5H2,1-2H3. The first-order chi connectivity index (χ1) is 7.04. The van der Waals surface area contributed by atoms with Crippen LogP contribution < -0.4 is 0 Å². The Morgan fingerprint density at radius 1 is 1.60 bits per heavy atom. The minimum absolute atomic E-state index is 0.0728. The molecule has 0 spiro atoms. The van der Waals surface area contributed by atoms with Gasteiger partial charge in [0, 0.05) is 11.8 Å². The number of hydrogen-bond donors (Lipinski definition) is 0. The lowest BCUT2D eigenvalue weighted by Gasteiger charge is -2.09. The van der Waals surface area contributed by atoms with E-state index in [9.17, 15) is 9.18 Å². The molecule has 0 heterocycles. The fourth-order valence-electron chi connectivity index (χ4n) is 1.12.